The van der Waals surface area contributed by atoms with Crippen LogP contribution in [0.4, 0.5) is 0 Å². The van der Waals surface area contributed by atoms with Crippen molar-refractivity contribution in [1.29, 1.82) is 0 Å². The summed E-state index contributed by atoms with van der Waals surface area (Å²) in [5, 5.41) is 10.1. The molecule has 0 spiro atoms. The molecule has 0 saturated carbocycles. The van der Waals surface area contributed by atoms with Crippen molar-refractivity contribution in [2.75, 3.05) is 26.2 Å². The Bertz CT molecular complexity index is 315. The van der Waals surface area contributed by atoms with Gasteiger partial charge in [-0.2, -0.15) is 0 Å². The Kier molecular flexibility index (Phi) is 3.93. The standard InChI is InChI=1S/C13H19NO2/c1-11-9-14(7-8-16-11)10-13(15)12-5-3-2-4-6-12/h2-6,11,13,15H,7-10H2,1H3. The molecule has 3 nitrogen and oxygen atoms in total. The highest BCUT2D eigenvalue weighted by molar-refractivity contribution is 5.17. The highest BCUT2D eigenvalue weighted by Crippen LogP contribution is 2.15. The third-order valence-electron chi connectivity index (χ3n) is 2.94. The van der Waals surface area contributed by atoms with Crippen LogP contribution in [0, 0.1) is 0 Å². The molecule has 2 rings (SSSR count). The Labute approximate surface area is 96.6 Å². The van der Waals surface area contributed by atoms with Crippen molar-refractivity contribution in [2.24, 2.45) is 0 Å². The van der Waals surface area contributed by atoms with E-state index in [9.17, 15) is 5.11 Å². The first-order valence-corrected chi connectivity index (χ1v) is 5.82. The normalized spacial score (nSPS) is 24.2. The summed E-state index contributed by atoms with van der Waals surface area (Å²) < 4.78 is 5.47. The van der Waals surface area contributed by atoms with Crippen LogP contribution in [-0.2, 0) is 4.74 Å². The van der Waals surface area contributed by atoms with Crippen LogP contribution in [0.3, 0.4) is 0 Å². The Morgan fingerprint density at radius 3 is 2.88 bits per heavy atom. The van der Waals surface area contributed by atoms with Gasteiger partial charge in [-0.15, -0.1) is 0 Å². The highest BCUT2D eigenvalue weighted by atomic mass is 16.5. The lowest BCUT2D eigenvalue weighted by atomic mass is 10.1. The van der Waals surface area contributed by atoms with Crippen molar-refractivity contribution in [3.05, 3.63) is 35.9 Å². The molecule has 1 aromatic carbocycles. The van der Waals surface area contributed by atoms with E-state index in [1.165, 1.54) is 0 Å². The van der Waals surface area contributed by atoms with Gasteiger partial charge in [0, 0.05) is 19.6 Å². The number of hydrogen-bond donors (Lipinski definition) is 1. The largest absolute Gasteiger partial charge is 0.387 e. The van der Waals surface area contributed by atoms with Crippen LogP contribution >= 0.6 is 0 Å². The average Bonchev–Trinajstić information content (AvgIpc) is 2.30. The lowest BCUT2D eigenvalue weighted by Gasteiger charge is -2.32. The first-order chi connectivity index (χ1) is 7.75. The number of morpholine rings is 1. The summed E-state index contributed by atoms with van der Waals surface area (Å²) in [7, 11) is 0. The van der Waals surface area contributed by atoms with E-state index in [0.717, 1.165) is 25.3 Å². The topological polar surface area (TPSA) is 32.7 Å². The van der Waals surface area contributed by atoms with Crippen LogP contribution in [0.1, 0.15) is 18.6 Å². The van der Waals surface area contributed by atoms with Crippen LogP contribution in [0.25, 0.3) is 0 Å². The van der Waals surface area contributed by atoms with Crippen molar-refractivity contribution in [1.82, 2.24) is 4.90 Å². The summed E-state index contributed by atoms with van der Waals surface area (Å²) in [5.41, 5.74) is 0.988. The average molecular weight is 221 g/mol. The predicted molar refractivity (Wildman–Crippen MR) is 63.3 cm³/mol. The first kappa shape index (κ1) is 11.6. The van der Waals surface area contributed by atoms with Gasteiger partial charge in [-0.05, 0) is 12.5 Å². The summed E-state index contributed by atoms with van der Waals surface area (Å²) in [6.07, 6.45) is -0.122. The third-order valence-corrected chi connectivity index (χ3v) is 2.94. The van der Waals surface area contributed by atoms with Gasteiger partial charge in [0.05, 0.1) is 18.8 Å². The second-order valence-electron chi connectivity index (χ2n) is 4.37. The zero-order valence-corrected chi connectivity index (χ0v) is 9.67. The predicted octanol–water partition coefficient (Wildman–Crippen LogP) is 1.44. The molecule has 0 radical (unpaired) electrons. The smallest absolute Gasteiger partial charge is 0.0916 e. The molecular weight excluding hydrogens is 202 g/mol. The Morgan fingerprint density at radius 2 is 2.19 bits per heavy atom. The van der Waals surface area contributed by atoms with Gasteiger partial charge in [0.2, 0.25) is 0 Å². The van der Waals surface area contributed by atoms with Gasteiger partial charge < -0.3 is 9.84 Å². The van der Waals surface area contributed by atoms with Gasteiger partial charge in [-0.25, -0.2) is 0 Å². The molecule has 0 bridgehead atoms. The molecule has 0 aliphatic carbocycles. The Morgan fingerprint density at radius 1 is 1.44 bits per heavy atom. The van der Waals surface area contributed by atoms with Crippen molar-refractivity contribution < 1.29 is 9.84 Å². The number of nitrogens with zero attached hydrogens (tertiary/aromatic N) is 1. The van der Waals surface area contributed by atoms with Crippen molar-refractivity contribution >= 4 is 0 Å². The van der Waals surface area contributed by atoms with Crippen molar-refractivity contribution in [3.8, 4) is 0 Å². The minimum absolute atomic E-state index is 0.275. The zero-order chi connectivity index (χ0) is 11.4. The molecule has 0 amide bonds. The summed E-state index contributed by atoms with van der Waals surface area (Å²) in [6.45, 7) is 5.35. The molecule has 0 aromatic heterocycles. The van der Waals surface area contributed by atoms with E-state index in [0.29, 0.717) is 6.54 Å². The number of rotatable bonds is 3. The van der Waals surface area contributed by atoms with Crippen molar-refractivity contribution in [2.45, 2.75) is 19.1 Å². The number of hydrogen-bond acceptors (Lipinski definition) is 3. The molecule has 1 aliphatic rings. The lowest BCUT2D eigenvalue weighted by Crippen LogP contribution is -2.42. The number of aliphatic hydroxyl groups is 1. The Hall–Kier alpha value is -0.900. The van der Waals surface area contributed by atoms with Gasteiger partial charge in [0.1, 0.15) is 0 Å². The van der Waals surface area contributed by atoms with Crippen LogP contribution < -0.4 is 0 Å². The minimum Gasteiger partial charge on any atom is -0.387 e. The number of aliphatic hydroxyl groups excluding tert-OH is 1. The molecule has 3 heteroatoms. The third kappa shape index (κ3) is 3.04. The van der Waals surface area contributed by atoms with Gasteiger partial charge >= 0.3 is 0 Å². The summed E-state index contributed by atoms with van der Waals surface area (Å²) >= 11 is 0. The molecule has 1 saturated heterocycles. The van der Waals surface area contributed by atoms with E-state index in [1.54, 1.807) is 0 Å². The molecule has 2 unspecified atom stereocenters. The van der Waals surface area contributed by atoms with E-state index >= 15 is 0 Å². The van der Waals surface area contributed by atoms with Gasteiger partial charge in [0.25, 0.3) is 0 Å². The fraction of sp³-hybridized carbons (Fsp3) is 0.538. The molecule has 16 heavy (non-hydrogen) atoms. The van der Waals surface area contributed by atoms with Crippen LogP contribution in [0.5, 0.6) is 0 Å². The fourth-order valence-corrected chi connectivity index (χ4v) is 2.08. The van der Waals surface area contributed by atoms with Gasteiger partial charge in [-0.3, -0.25) is 4.90 Å². The second kappa shape index (κ2) is 5.43. The monoisotopic (exact) mass is 221 g/mol. The maximum absolute atomic E-state index is 10.1. The summed E-state index contributed by atoms with van der Waals surface area (Å²) in [5.74, 6) is 0. The zero-order valence-electron chi connectivity index (χ0n) is 9.67. The molecule has 1 fully saturated rings. The maximum atomic E-state index is 10.1. The fourth-order valence-electron chi connectivity index (χ4n) is 2.08. The lowest BCUT2D eigenvalue weighted by molar-refractivity contribution is -0.0319. The first-order valence-electron chi connectivity index (χ1n) is 5.82. The quantitative estimate of drug-likeness (QED) is 0.838. The Balaban J connectivity index is 1.89. The van der Waals surface area contributed by atoms with E-state index < -0.39 is 6.10 Å². The molecular formula is C13H19NO2. The van der Waals surface area contributed by atoms with Gasteiger partial charge in [-0.1, -0.05) is 30.3 Å². The van der Waals surface area contributed by atoms with E-state index in [1.807, 2.05) is 30.3 Å². The molecule has 1 N–H and O–H groups in total. The van der Waals surface area contributed by atoms with E-state index in [4.69, 9.17) is 4.74 Å². The SMILES string of the molecule is CC1CN(CC(O)c2ccccc2)CCO1. The van der Waals surface area contributed by atoms with Gasteiger partial charge in [0.15, 0.2) is 0 Å². The summed E-state index contributed by atoms with van der Waals surface area (Å²) in [6, 6.07) is 9.82. The second-order valence-corrected chi connectivity index (χ2v) is 4.37. The number of β-amino-alcohol motifs (C(OH)–C–C–N with tert-alkyl or cyclic N) is 1. The molecule has 1 heterocycles. The molecule has 1 aliphatic heterocycles. The van der Waals surface area contributed by atoms with Crippen LogP contribution in [0.15, 0.2) is 30.3 Å². The van der Waals surface area contributed by atoms with Crippen LogP contribution in [0.2, 0.25) is 0 Å². The number of ether oxygens (including phenoxy) is 1. The minimum atomic E-state index is -0.397. The number of benzene rings is 1. The molecule has 1 aromatic rings. The molecule has 2 atom stereocenters. The molecule has 88 valence electrons. The highest BCUT2D eigenvalue weighted by Gasteiger charge is 2.19. The van der Waals surface area contributed by atoms with E-state index in [2.05, 4.69) is 11.8 Å². The van der Waals surface area contributed by atoms with Crippen molar-refractivity contribution in [3.63, 3.8) is 0 Å². The van der Waals surface area contributed by atoms with E-state index in [-0.39, 0.29) is 6.10 Å². The van der Waals surface area contributed by atoms with Crippen LogP contribution in [-0.4, -0.2) is 42.4 Å². The maximum Gasteiger partial charge on any atom is 0.0916 e. The summed E-state index contributed by atoms with van der Waals surface area (Å²) in [4.78, 5) is 2.26.